The predicted molar refractivity (Wildman–Crippen MR) is 65.9 cm³/mol. The zero-order chi connectivity index (χ0) is 15.6. The van der Waals surface area contributed by atoms with Crippen molar-refractivity contribution in [2.75, 3.05) is 7.05 Å². The molecule has 1 amide bonds. The Hall–Kier alpha value is -2.31. The second-order valence-electron chi connectivity index (χ2n) is 4.41. The Kier molecular flexibility index (Phi) is 4.02. The molecule has 0 aliphatic heterocycles. The SMILES string of the molecule is CN(Cc1ccco1)C(=O)c1cccc(C(F)(F)F)c1F. The van der Waals surface area contributed by atoms with E-state index in [0.717, 1.165) is 17.0 Å². The molecule has 0 unspecified atom stereocenters. The molecule has 0 spiro atoms. The number of halogens is 4. The van der Waals surface area contributed by atoms with E-state index in [0.29, 0.717) is 11.8 Å². The maximum Gasteiger partial charge on any atom is 0.419 e. The van der Waals surface area contributed by atoms with Gasteiger partial charge in [-0.25, -0.2) is 4.39 Å². The first-order chi connectivity index (χ1) is 9.80. The Labute approximate surface area is 117 Å². The van der Waals surface area contributed by atoms with Crippen LogP contribution in [0.25, 0.3) is 0 Å². The van der Waals surface area contributed by atoms with Crippen LogP contribution in [0.4, 0.5) is 17.6 Å². The number of benzene rings is 1. The third-order valence-electron chi connectivity index (χ3n) is 2.85. The van der Waals surface area contributed by atoms with Crippen molar-refractivity contribution in [2.24, 2.45) is 0 Å². The van der Waals surface area contributed by atoms with Crippen LogP contribution < -0.4 is 0 Å². The van der Waals surface area contributed by atoms with Gasteiger partial charge in [-0.1, -0.05) is 6.07 Å². The summed E-state index contributed by atoms with van der Waals surface area (Å²) in [6, 6.07) is 5.83. The maximum atomic E-state index is 13.9. The van der Waals surface area contributed by atoms with Crippen molar-refractivity contribution in [3.8, 4) is 0 Å². The fourth-order valence-electron chi connectivity index (χ4n) is 1.83. The highest BCUT2D eigenvalue weighted by atomic mass is 19.4. The lowest BCUT2D eigenvalue weighted by molar-refractivity contribution is -0.140. The molecule has 112 valence electrons. The van der Waals surface area contributed by atoms with E-state index in [4.69, 9.17) is 4.42 Å². The molecular formula is C14H11F4NO2. The third kappa shape index (κ3) is 3.24. The summed E-state index contributed by atoms with van der Waals surface area (Å²) in [6.07, 6.45) is -3.45. The van der Waals surface area contributed by atoms with E-state index in [1.165, 1.54) is 13.3 Å². The fourth-order valence-corrected chi connectivity index (χ4v) is 1.83. The molecule has 0 fully saturated rings. The molecule has 0 aliphatic rings. The third-order valence-corrected chi connectivity index (χ3v) is 2.85. The zero-order valence-electron chi connectivity index (χ0n) is 10.9. The van der Waals surface area contributed by atoms with Gasteiger partial charge in [0.15, 0.2) is 0 Å². The molecule has 0 aliphatic carbocycles. The largest absolute Gasteiger partial charge is 0.467 e. The second kappa shape index (κ2) is 5.59. The lowest BCUT2D eigenvalue weighted by atomic mass is 10.1. The summed E-state index contributed by atoms with van der Waals surface area (Å²) in [5.41, 5.74) is -2.08. The van der Waals surface area contributed by atoms with E-state index in [-0.39, 0.29) is 6.54 Å². The highest BCUT2D eigenvalue weighted by molar-refractivity contribution is 5.94. The Morgan fingerprint density at radius 2 is 1.95 bits per heavy atom. The van der Waals surface area contributed by atoms with Gasteiger partial charge in [0.05, 0.1) is 23.9 Å². The number of carbonyl (C=O) groups excluding carboxylic acids is 1. The van der Waals surface area contributed by atoms with E-state index in [1.807, 2.05) is 0 Å². The first-order valence-electron chi connectivity index (χ1n) is 5.94. The fraction of sp³-hybridized carbons (Fsp3) is 0.214. The van der Waals surface area contributed by atoms with Gasteiger partial charge in [0.1, 0.15) is 11.6 Å². The van der Waals surface area contributed by atoms with Crippen LogP contribution in [0, 0.1) is 5.82 Å². The molecule has 1 aromatic carbocycles. The average molecular weight is 301 g/mol. The van der Waals surface area contributed by atoms with Crippen LogP contribution in [-0.2, 0) is 12.7 Å². The average Bonchev–Trinajstić information content (AvgIpc) is 2.89. The van der Waals surface area contributed by atoms with Crippen molar-refractivity contribution >= 4 is 5.91 Å². The number of carbonyl (C=O) groups is 1. The van der Waals surface area contributed by atoms with Crippen LogP contribution in [0.5, 0.6) is 0 Å². The molecule has 1 aromatic heterocycles. The highest BCUT2D eigenvalue weighted by Crippen LogP contribution is 2.32. The summed E-state index contributed by atoms with van der Waals surface area (Å²) in [4.78, 5) is 13.1. The number of rotatable bonds is 3. The molecule has 0 N–H and O–H groups in total. The summed E-state index contributed by atoms with van der Waals surface area (Å²) in [5, 5.41) is 0. The smallest absolute Gasteiger partial charge is 0.419 e. The number of hydrogen-bond donors (Lipinski definition) is 0. The molecule has 7 heteroatoms. The molecule has 1 heterocycles. The van der Waals surface area contributed by atoms with Gasteiger partial charge < -0.3 is 9.32 Å². The molecule has 0 saturated carbocycles. The Morgan fingerprint density at radius 3 is 2.52 bits per heavy atom. The normalized spacial score (nSPS) is 11.5. The number of hydrogen-bond acceptors (Lipinski definition) is 2. The number of nitrogens with zero attached hydrogens (tertiary/aromatic N) is 1. The van der Waals surface area contributed by atoms with Crippen LogP contribution in [-0.4, -0.2) is 17.9 Å². The molecule has 0 saturated heterocycles. The summed E-state index contributed by atoms with van der Waals surface area (Å²) >= 11 is 0. The van der Waals surface area contributed by atoms with Gasteiger partial charge in [0.2, 0.25) is 0 Å². The first kappa shape index (κ1) is 15.1. The van der Waals surface area contributed by atoms with Crippen molar-refractivity contribution in [3.63, 3.8) is 0 Å². The van der Waals surface area contributed by atoms with Crippen LogP contribution in [0.15, 0.2) is 41.0 Å². The Balaban J connectivity index is 2.27. The molecule has 0 atom stereocenters. The van der Waals surface area contributed by atoms with Gasteiger partial charge in [0, 0.05) is 7.05 Å². The van der Waals surface area contributed by atoms with E-state index in [2.05, 4.69) is 0 Å². The molecule has 2 rings (SSSR count). The minimum absolute atomic E-state index is 0.0293. The zero-order valence-corrected chi connectivity index (χ0v) is 10.9. The van der Waals surface area contributed by atoms with Crippen LogP contribution in [0.3, 0.4) is 0 Å². The lowest BCUT2D eigenvalue weighted by Crippen LogP contribution is -2.27. The van der Waals surface area contributed by atoms with Gasteiger partial charge >= 0.3 is 6.18 Å². The van der Waals surface area contributed by atoms with Crippen molar-refractivity contribution in [3.05, 3.63) is 59.3 Å². The molecule has 21 heavy (non-hydrogen) atoms. The highest BCUT2D eigenvalue weighted by Gasteiger charge is 2.36. The molecule has 2 aromatic rings. The number of alkyl halides is 3. The van der Waals surface area contributed by atoms with Crippen molar-refractivity contribution in [1.29, 1.82) is 0 Å². The second-order valence-corrected chi connectivity index (χ2v) is 4.41. The lowest BCUT2D eigenvalue weighted by Gasteiger charge is -2.17. The summed E-state index contributed by atoms with van der Waals surface area (Å²) in [6.45, 7) is 0.0293. The minimum Gasteiger partial charge on any atom is -0.467 e. The number of amides is 1. The van der Waals surface area contributed by atoms with Gasteiger partial charge in [-0.2, -0.15) is 13.2 Å². The van der Waals surface area contributed by atoms with Gasteiger partial charge in [-0.05, 0) is 24.3 Å². The topological polar surface area (TPSA) is 33.5 Å². The van der Waals surface area contributed by atoms with Gasteiger partial charge in [-0.15, -0.1) is 0 Å². The van der Waals surface area contributed by atoms with Crippen LogP contribution in [0.2, 0.25) is 0 Å². The first-order valence-corrected chi connectivity index (χ1v) is 5.94. The van der Waals surface area contributed by atoms with E-state index in [1.54, 1.807) is 12.1 Å². The van der Waals surface area contributed by atoms with Crippen molar-refractivity contribution in [1.82, 2.24) is 4.90 Å². The molecule has 0 radical (unpaired) electrons. The maximum absolute atomic E-state index is 13.9. The molecule has 3 nitrogen and oxygen atoms in total. The monoisotopic (exact) mass is 301 g/mol. The van der Waals surface area contributed by atoms with E-state index >= 15 is 0 Å². The summed E-state index contributed by atoms with van der Waals surface area (Å²) in [7, 11) is 1.35. The summed E-state index contributed by atoms with van der Waals surface area (Å²) < 4.78 is 56.8. The van der Waals surface area contributed by atoms with Gasteiger partial charge in [-0.3, -0.25) is 4.79 Å². The minimum atomic E-state index is -4.85. The van der Waals surface area contributed by atoms with Gasteiger partial charge in [0.25, 0.3) is 5.91 Å². The Bertz CT molecular complexity index is 635. The van der Waals surface area contributed by atoms with E-state index in [9.17, 15) is 22.4 Å². The van der Waals surface area contributed by atoms with Crippen molar-refractivity contribution < 1.29 is 26.8 Å². The van der Waals surface area contributed by atoms with Crippen molar-refractivity contribution in [2.45, 2.75) is 12.7 Å². The van der Waals surface area contributed by atoms with Crippen LogP contribution >= 0.6 is 0 Å². The Morgan fingerprint density at radius 1 is 1.24 bits per heavy atom. The van der Waals surface area contributed by atoms with E-state index < -0.39 is 29.0 Å². The number of furan rings is 1. The summed E-state index contributed by atoms with van der Waals surface area (Å²) in [5.74, 6) is -1.98. The van der Waals surface area contributed by atoms with Crippen LogP contribution in [0.1, 0.15) is 21.7 Å². The quantitative estimate of drug-likeness (QED) is 0.810. The molecule has 0 bridgehead atoms. The molecular weight excluding hydrogens is 290 g/mol. The standard InChI is InChI=1S/C14H11F4NO2/c1-19(8-9-4-3-7-21-9)13(20)10-5-2-6-11(12(10)15)14(16,17)18/h2-7H,8H2,1H3. The predicted octanol–water partition coefficient (Wildman–Crippen LogP) is 3.71.